The summed E-state index contributed by atoms with van der Waals surface area (Å²) in [5.74, 6) is 0.381. The molecule has 0 aromatic carbocycles. The number of methoxy groups -OCH3 is 1. The van der Waals surface area contributed by atoms with E-state index in [0.717, 1.165) is 5.69 Å². The lowest BCUT2D eigenvalue weighted by Crippen LogP contribution is -2.36. The van der Waals surface area contributed by atoms with Gasteiger partial charge in [0.05, 0.1) is 24.5 Å². The Morgan fingerprint density at radius 2 is 2.19 bits per heavy atom. The number of hydrogen-bond donors (Lipinski definition) is 1. The summed E-state index contributed by atoms with van der Waals surface area (Å²) in [6.07, 6.45) is 0. The summed E-state index contributed by atoms with van der Waals surface area (Å²) in [6, 6.07) is 0. The number of carbonyl (C=O) groups excluding carboxylic acids is 1. The zero-order valence-corrected chi connectivity index (χ0v) is 13.7. The van der Waals surface area contributed by atoms with Crippen molar-refractivity contribution >= 4 is 29.0 Å². The van der Waals surface area contributed by atoms with E-state index >= 15 is 0 Å². The van der Waals surface area contributed by atoms with Crippen molar-refractivity contribution in [2.75, 3.05) is 38.3 Å². The van der Waals surface area contributed by atoms with Crippen LogP contribution >= 0.6 is 12.2 Å². The highest BCUT2D eigenvalue weighted by Gasteiger charge is 2.23. The Morgan fingerprint density at radius 1 is 1.52 bits per heavy atom. The molecule has 0 amide bonds. The second-order valence-electron chi connectivity index (χ2n) is 4.49. The van der Waals surface area contributed by atoms with E-state index in [0.29, 0.717) is 31.1 Å². The van der Waals surface area contributed by atoms with E-state index in [-0.39, 0.29) is 17.5 Å². The topological polar surface area (TPSA) is 82.6 Å². The van der Waals surface area contributed by atoms with Crippen molar-refractivity contribution in [2.24, 2.45) is 12.8 Å². The summed E-state index contributed by atoms with van der Waals surface area (Å²) in [4.78, 5) is 13.9. The number of rotatable bonds is 8. The minimum Gasteiger partial charge on any atom is -0.465 e. The Labute approximate surface area is 130 Å². The summed E-state index contributed by atoms with van der Waals surface area (Å²) in [5, 5.41) is 4.33. The van der Waals surface area contributed by atoms with Gasteiger partial charge in [-0.25, -0.2) is 0 Å². The van der Waals surface area contributed by atoms with Crippen molar-refractivity contribution in [3.05, 3.63) is 11.3 Å². The molecule has 0 saturated heterocycles. The molecule has 1 heterocycles. The van der Waals surface area contributed by atoms with Crippen LogP contribution in [0.25, 0.3) is 0 Å². The third kappa shape index (κ3) is 4.40. The number of thiocarbonyl (C=S) groups is 1. The maximum absolute atomic E-state index is 11.8. The Bertz CT molecular complexity index is 516. The van der Waals surface area contributed by atoms with E-state index < -0.39 is 0 Å². The highest BCUT2D eigenvalue weighted by Crippen LogP contribution is 2.23. The fraction of sp³-hybridized carbons (Fsp3) is 0.615. The molecular weight excluding hydrogens is 292 g/mol. The molecule has 0 aliphatic heterocycles. The maximum atomic E-state index is 11.8. The third-order valence-electron chi connectivity index (χ3n) is 2.93. The molecule has 8 heteroatoms. The van der Waals surface area contributed by atoms with Crippen LogP contribution in [-0.2, 0) is 21.3 Å². The van der Waals surface area contributed by atoms with Gasteiger partial charge in [-0.3, -0.25) is 9.48 Å². The van der Waals surface area contributed by atoms with Crippen molar-refractivity contribution in [1.29, 1.82) is 0 Å². The molecule has 0 aliphatic rings. The smallest absolute Gasteiger partial charge is 0.325 e. The van der Waals surface area contributed by atoms with Gasteiger partial charge in [0.1, 0.15) is 17.4 Å². The lowest BCUT2D eigenvalue weighted by atomic mass is 10.2. The number of anilines is 1. The molecule has 118 valence electrons. The van der Waals surface area contributed by atoms with Crippen molar-refractivity contribution in [3.63, 3.8) is 0 Å². The molecule has 1 aromatic rings. The molecule has 0 aliphatic carbocycles. The van der Waals surface area contributed by atoms with E-state index in [9.17, 15) is 4.79 Å². The van der Waals surface area contributed by atoms with Crippen LogP contribution < -0.4 is 10.6 Å². The van der Waals surface area contributed by atoms with E-state index in [1.54, 1.807) is 25.8 Å². The number of hydrogen-bond acceptors (Lipinski definition) is 6. The normalized spacial score (nSPS) is 10.5. The molecule has 1 rings (SSSR count). The van der Waals surface area contributed by atoms with Gasteiger partial charge in [-0.1, -0.05) is 12.2 Å². The Morgan fingerprint density at radius 3 is 2.71 bits per heavy atom. The van der Waals surface area contributed by atoms with E-state index in [4.69, 9.17) is 27.4 Å². The van der Waals surface area contributed by atoms with Crippen LogP contribution in [0.15, 0.2) is 0 Å². The molecule has 0 spiro atoms. The van der Waals surface area contributed by atoms with Gasteiger partial charge in [-0.05, 0) is 13.8 Å². The molecule has 0 saturated carbocycles. The summed E-state index contributed by atoms with van der Waals surface area (Å²) in [5.41, 5.74) is 7.19. The predicted molar refractivity (Wildman–Crippen MR) is 84.6 cm³/mol. The number of ether oxygens (including phenoxy) is 2. The number of carbonyl (C=O) groups is 1. The molecule has 1 aromatic heterocycles. The number of nitrogens with zero attached hydrogens (tertiary/aromatic N) is 3. The van der Waals surface area contributed by atoms with Crippen LogP contribution in [0.1, 0.15) is 18.2 Å². The molecular formula is C13H22N4O3S. The standard InChI is InChI=1S/C13H22N4O3S/c1-5-20-10(18)8-17(6-7-19-4)13-11(12(14)21)9(2)15-16(13)3/h5-8H2,1-4H3,(H2,14,21). The quantitative estimate of drug-likeness (QED) is 0.548. The summed E-state index contributed by atoms with van der Waals surface area (Å²) in [7, 11) is 3.39. The monoisotopic (exact) mass is 314 g/mol. The maximum Gasteiger partial charge on any atom is 0.325 e. The first kappa shape index (κ1) is 17.4. The van der Waals surface area contributed by atoms with Crippen molar-refractivity contribution in [3.8, 4) is 0 Å². The zero-order valence-electron chi connectivity index (χ0n) is 12.9. The summed E-state index contributed by atoms with van der Waals surface area (Å²) >= 11 is 5.10. The number of aromatic nitrogens is 2. The largest absolute Gasteiger partial charge is 0.465 e. The van der Waals surface area contributed by atoms with Gasteiger partial charge in [-0.2, -0.15) is 5.10 Å². The molecule has 7 nitrogen and oxygen atoms in total. The average Bonchev–Trinajstić information content (AvgIpc) is 2.69. The third-order valence-corrected chi connectivity index (χ3v) is 3.13. The Balaban J connectivity index is 3.13. The van der Waals surface area contributed by atoms with Crippen LogP contribution in [0, 0.1) is 6.92 Å². The second kappa shape index (κ2) is 7.94. The molecule has 0 fully saturated rings. The Kier molecular flexibility index (Phi) is 6.57. The van der Waals surface area contributed by atoms with Crippen LogP contribution in [0.3, 0.4) is 0 Å². The molecule has 2 N–H and O–H groups in total. The minimum absolute atomic E-state index is 0.0891. The highest BCUT2D eigenvalue weighted by atomic mass is 32.1. The molecule has 0 bridgehead atoms. The fourth-order valence-corrected chi connectivity index (χ4v) is 2.36. The zero-order chi connectivity index (χ0) is 16.0. The van der Waals surface area contributed by atoms with Gasteiger partial charge in [0, 0.05) is 20.7 Å². The molecule has 0 atom stereocenters. The molecule has 0 radical (unpaired) electrons. The van der Waals surface area contributed by atoms with Crippen LogP contribution in [0.4, 0.5) is 5.82 Å². The SMILES string of the molecule is CCOC(=O)CN(CCOC)c1c(C(N)=S)c(C)nn1C. The summed E-state index contributed by atoms with van der Waals surface area (Å²) in [6.45, 7) is 4.99. The highest BCUT2D eigenvalue weighted by molar-refractivity contribution is 7.80. The van der Waals surface area contributed by atoms with Crippen molar-refractivity contribution in [2.45, 2.75) is 13.8 Å². The Hall–Kier alpha value is -1.67. The van der Waals surface area contributed by atoms with Gasteiger partial charge in [0.25, 0.3) is 0 Å². The van der Waals surface area contributed by atoms with Crippen molar-refractivity contribution in [1.82, 2.24) is 9.78 Å². The van der Waals surface area contributed by atoms with Gasteiger partial charge in [-0.15, -0.1) is 0 Å². The first-order valence-electron chi connectivity index (χ1n) is 6.65. The predicted octanol–water partition coefficient (Wildman–Crippen LogP) is 0.379. The average molecular weight is 314 g/mol. The van der Waals surface area contributed by atoms with E-state index in [1.807, 2.05) is 11.8 Å². The number of aryl methyl sites for hydroxylation is 2. The van der Waals surface area contributed by atoms with Gasteiger partial charge >= 0.3 is 5.97 Å². The van der Waals surface area contributed by atoms with E-state index in [1.165, 1.54) is 0 Å². The van der Waals surface area contributed by atoms with Crippen molar-refractivity contribution < 1.29 is 14.3 Å². The van der Waals surface area contributed by atoms with Gasteiger partial charge in [0.15, 0.2) is 0 Å². The molecule has 21 heavy (non-hydrogen) atoms. The summed E-state index contributed by atoms with van der Waals surface area (Å²) < 4.78 is 11.8. The van der Waals surface area contributed by atoms with Crippen LogP contribution in [-0.4, -0.2) is 54.2 Å². The van der Waals surface area contributed by atoms with Crippen LogP contribution in [0.2, 0.25) is 0 Å². The first-order valence-corrected chi connectivity index (χ1v) is 7.06. The van der Waals surface area contributed by atoms with E-state index in [2.05, 4.69) is 5.10 Å². The van der Waals surface area contributed by atoms with Crippen LogP contribution in [0.5, 0.6) is 0 Å². The lowest BCUT2D eigenvalue weighted by molar-refractivity contribution is -0.141. The van der Waals surface area contributed by atoms with Gasteiger partial charge in [0.2, 0.25) is 0 Å². The van der Waals surface area contributed by atoms with Gasteiger partial charge < -0.3 is 20.1 Å². The second-order valence-corrected chi connectivity index (χ2v) is 4.93. The lowest BCUT2D eigenvalue weighted by Gasteiger charge is -2.24. The minimum atomic E-state index is -0.318. The number of esters is 1. The number of nitrogens with two attached hydrogens (primary N) is 1. The fourth-order valence-electron chi connectivity index (χ4n) is 2.12. The first-order chi connectivity index (χ1) is 9.92. The molecule has 0 unspecified atom stereocenters.